The molecule has 6 heteroatoms. The average molecular weight is 330 g/mol. The monoisotopic (exact) mass is 328 g/mol. The van der Waals surface area contributed by atoms with Crippen LogP contribution in [0.25, 0.3) is 0 Å². The Morgan fingerprint density at radius 2 is 2.25 bits per heavy atom. The second kappa shape index (κ2) is 4.95. The van der Waals surface area contributed by atoms with E-state index in [1.165, 1.54) is 0 Å². The largest absolute Gasteiger partial charge is 0.359 e. The lowest BCUT2D eigenvalue weighted by atomic mass is 10.1. The van der Waals surface area contributed by atoms with Gasteiger partial charge in [-0.1, -0.05) is 34.1 Å². The van der Waals surface area contributed by atoms with Gasteiger partial charge >= 0.3 is 7.60 Å². The van der Waals surface area contributed by atoms with Crippen LogP contribution >= 0.6 is 35.1 Å². The van der Waals surface area contributed by atoms with Gasteiger partial charge in [0.05, 0.1) is 11.9 Å². The summed E-state index contributed by atoms with van der Waals surface area (Å²) >= 11 is 9.17. The molecule has 0 amide bonds. The van der Waals surface area contributed by atoms with E-state index in [1.54, 1.807) is 6.92 Å². The fourth-order valence-electron chi connectivity index (χ4n) is 1.49. The third-order valence-corrected chi connectivity index (χ3v) is 6.33. The molecule has 0 saturated heterocycles. The lowest BCUT2D eigenvalue weighted by molar-refractivity contribution is 0.134. The summed E-state index contributed by atoms with van der Waals surface area (Å²) in [5.74, 6) is 0. The van der Waals surface area contributed by atoms with Gasteiger partial charge in [0.25, 0.3) is 0 Å². The molecule has 0 aliphatic carbocycles. The number of hydrogen-bond donors (Lipinski definition) is 0. The van der Waals surface area contributed by atoms with Crippen molar-refractivity contribution >= 4 is 35.1 Å². The Balaban J connectivity index is 3.16. The van der Waals surface area contributed by atoms with Gasteiger partial charge in [0.15, 0.2) is 0 Å². The SMILES string of the molecule is C=C(Cl)CC1=C(Br)C(C)(C)OP1(=O)OCC. The van der Waals surface area contributed by atoms with Crippen LogP contribution in [0.2, 0.25) is 0 Å². The van der Waals surface area contributed by atoms with Crippen molar-refractivity contribution in [3.8, 4) is 0 Å². The summed E-state index contributed by atoms with van der Waals surface area (Å²) in [4.78, 5) is 0. The topological polar surface area (TPSA) is 35.5 Å². The highest BCUT2D eigenvalue weighted by Gasteiger charge is 2.48. The molecule has 1 aliphatic heterocycles. The van der Waals surface area contributed by atoms with E-state index in [4.69, 9.17) is 20.6 Å². The summed E-state index contributed by atoms with van der Waals surface area (Å²) < 4.78 is 24.0. The molecule has 1 aliphatic rings. The Bertz CT molecular complexity index is 390. The number of hydrogen-bond acceptors (Lipinski definition) is 3. The van der Waals surface area contributed by atoms with Crippen molar-refractivity contribution in [2.24, 2.45) is 0 Å². The Morgan fingerprint density at radius 1 is 1.69 bits per heavy atom. The van der Waals surface area contributed by atoms with Gasteiger partial charge in [-0.25, -0.2) is 0 Å². The molecule has 1 heterocycles. The van der Waals surface area contributed by atoms with Crippen molar-refractivity contribution in [2.45, 2.75) is 32.8 Å². The Kier molecular flexibility index (Phi) is 4.47. The Hall–Kier alpha value is 0.400. The highest BCUT2D eigenvalue weighted by Crippen LogP contribution is 2.68. The maximum Gasteiger partial charge on any atom is 0.359 e. The molecule has 0 saturated carbocycles. The van der Waals surface area contributed by atoms with Gasteiger partial charge < -0.3 is 4.52 Å². The van der Waals surface area contributed by atoms with E-state index in [2.05, 4.69) is 22.5 Å². The maximum atomic E-state index is 12.5. The van der Waals surface area contributed by atoms with E-state index < -0.39 is 13.2 Å². The van der Waals surface area contributed by atoms with Gasteiger partial charge in [0.2, 0.25) is 0 Å². The molecular weight excluding hydrogens is 314 g/mol. The zero-order valence-corrected chi connectivity index (χ0v) is 12.8. The third-order valence-electron chi connectivity index (χ3n) is 2.12. The molecule has 16 heavy (non-hydrogen) atoms. The molecule has 1 unspecified atom stereocenters. The standard InChI is InChI=1S/C10H15BrClO3P/c1-5-14-16(13)8(6-7(2)12)9(11)10(3,4)15-16/h2,5-6H2,1,3-4H3. The highest BCUT2D eigenvalue weighted by atomic mass is 79.9. The first-order valence-corrected chi connectivity index (χ1v) is 7.62. The molecule has 0 N–H and O–H groups in total. The van der Waals surface area contributed by atoms with Crippen LogP contribution in [0, 0.1) is 0 Å². The third kappa shape index (κ3) is 2.80. The van der Waals surface area contributed by atoms with Crippen LogP contribution in [0.3, 0.4) is 0 Å². The molecular formula is C10H15BrClO3P. The van der Waals surface area contributed by atoms with Gasteiger partial charge in [-0.15, -0.1) is 0 Å². The molecule has 0 radical (unpaired) electrons. The lowest BCUT2D eigenvalue weighted by Crippen LogP contribution is -2.18. The molecule has 0 fully saturated rings. The molecule has 92 valence electrons. The van der Waals surface area contributed by atoms with Crippen LogP contribution < -0.4 is 0 Å². The zero-order chi connectivity index (χ0) is 12.6. The quantitative estimate of drug-likeness (QED) is 0.697. The van der Waals surface area contributed by atoms with Gasteiger partial charge in [-0.2, -0.15) is 0 Å². The van der Waals surface area contributed by atoms with Crippen LogP contribution in [-0.2, 0) is 13.6 Å². The molecule has 1 rings (SSSR count). The number of halogens is 2. The van der Waals surface area contributed by atoms with Crippen molar-refractivity contribution in [3.05, 3.63) is 21.4 Å². The van der Waals surface area contributed by atoms with E-state index in [0.717, 1.165) is 4.48 Å². The van der Waals surface area contributed by atoms with Crippen LogP contribution in [0.1, 0.15) is 27.2 Å². The number of allylic oxidation sites excluding steroid dienone is 2. The lowest BCUT2D eigenvalue weighted by Gasteiger charge is -2.20. The zero-order valence-electron chi connectivity index (χ0n) is 9.55. The summed E-state index contributed by atoms with van der Waals surface area (Å²) in [6, 6.07) is 0. The highest BCUT2D eigenvalue weighted by molar-refractivity contribution is 9.11. The first kappa shape index (κ1) is 14.5. The molecule has 0 spiro atoms. The smallest absolute Gasteiger partial charge is 0.306 e. The van der Waals surface area contributed by atoms with Crippen molar-refractivity contribution in [1.82, 2.24) is 0 Å². The molecule has 0 bridgehead atoms. The minimum atomic E-state index is -3.22. The second-order valence-corrected chi connectivity index (χ2v) is 7.27. The van der Waals surface area contributed by atoms with E-state index in [-0.39, 0.29) is 0 Å². The summed E-state index contributed by atoms with van der Waals surface area (Å²) in [5, 5.41) is 0.979. The van der Waals surface area contributed by atoms with Crippen molar-refractivity contribution in [1.29, 1.82) is 0 Å². The summed E-state index contributed by atoms with van der Waals surface area (Å²) in [6.45, 7) is 9.36. The van der Waals surface area contributed by atoms with Gasteiger partial charge in [0.1, 0.15) is 5.60 Å². The van der Waals surface area contributed by atoms with Gasteiger partial charge in [-0.05, 0) is 20.8 Å². The molecule has 0 aromatic rings. The molecule has 3 nitrogen and oxygen atoms in total. The Labute approximate surface area is 109 Å². The van der Waals surface area contributed by atoms with Crippen molar-refractivity contribution in [2.75, 3.05) is 6.61 Å². The van der Waals surface area contributed by atoms with E-state index in [9.17, 15) is 4.57 Å². The van der Waals surface area contributed by atoms with E-state index in [0.29, 0.717) is 23.4 Å². The van der Waals surface area contributed by atoms with Gasteiger partial charge in [0, 0.05) is 15.9 Å². The van der Waals surface area contributed by atoms with Crippen LogP contribution in [0.5, 0.6) is 0 Å². The van der Waals surface area contributed by atoms with Crippen molar-refractivity contribution < 1.29 is 13.6 Å². The second-order valence-electron chi connectivity index (χ2n) is 3.97. The van der Waals surface area contributed by atoms with E-state index in [1.807, 2.05) is 13.8 Å². The van der Waals surface area contributed by atoms with Crippen LogP contribution in [0.4, 0.5) is 0 Å². The minimum Gasteiger partial charge on any atom is -0.306 e. The summed E-state index contributed by atoms with van der Waals surface area (Å²) in [7, 11) is -3.22. The normalized spacial score (nSPS) is 28.6. The average Bonchev–Trinajstić information content (AvgIpc) is 2.25. The van der Waals surface area contributed by atoms with Gasteiger partial charge in [-0.3, -0.25) is 9.09 Å². The van der Waals surface area contributed by atoms with Crippen LogP contribution in [0.15, 0.2) is 21.4 Å². The summed E-state index contributed by atoms with van der Waals surface area (Å²) in [5.41, 5.74) is -0.646. The van der Waals surface area contributed by atoms with Crippen LogP contribution in [-0.4, -0.2) is 12.2 Å². The first-order chi connectivity index (χ1) is 7.23. The summed E-state index contributed by atoms with van der Waals surface area (Å²) in [6.07, 6.45) is 0.308. The van der Waals surface area contributed by atoms with E-state index >= 15 is 0 Å². The molecule has 0 aromatic carbocycles. The minimum absolute atomic E-state index is 0.308. The first-order valence-electron chi connectivity index (χ1n) is 4.91. The molecule has 0 aromatic heterocycles. The predicted octanol–water partition coefficient (Wildman–Crippen LogP) is 4.77. The maximum absolute atomic E-state index is 12.5. The Morgan fingerprint density at radius 3 is 2.69 bits per heavy atom. The number of rotatable bonds is 4. The van der Waals surface area contributed by atoms with Crippen molar-refractivity contribution in [3.63, 3.8) is 0 Å². The molecule has 1 atom stereocenters. The fraction of sp³-hybridized carbons (Fsp3) is 0.600. The fourth-order valence-corrected chi connectivity index (χ4v) is 4.96. The predicted molar refractivity (Wildman–Crippen MR) is 70.0 cm³/mol.